The number of aliphatic hydroxyl groups is 1. The first-order valence-electron chi connectivity index (χ1n) is 5.95. The normalized spacial score (nSPS) is 16.7. The Bertz CT molecular complexity index is 580. The van der Waals surface area contributed by atoms with E-state index in [1.165, 1.54) is 10.5 Å². The van der Waals surface area contributed by atoms with Crippen LogP contribution in [0, 0.1) is 11.8 Å². The number of anilines is 1. The molecule has 1 fully saturated rings. The molecule has 0 amide bonds. The molecule has 0 aromatic carbocycles. The van der Waals surface area contributed by atoms with Crippen molar-refractivity contribution >= 4 is 26.7 Å². The van der Waals surface area contributed by atoms with E-state index < -0.39 is 10.2 Å². The molecule has 6 nitrogen and oxygen atoms in total. The Balaban J connectivity index is 2.05. The van der Waals surface area contributed by atoms with Crippen LogP contribution in [0.3, 0.4) is 0 Å². The van der Waals surface area contributed by atoms with Gasteiger partial charge in [0.15, 0.2) is 5.13 Å². The van der Waals surface area contributed by atoms with E-state index in [0.29, 0.717) is 23.1 Å². The van der Waals surface area contributed by atoms with Gasteiger partial charge in [0.25, 0.3) is 0 Å². The molecule has 19 heavy (non-hydrogen) atoms. The minimum atomic E-state index is -3.51. The standard InChI is InChI=1S/C11H15N3O3S2/c15-8-4-5-10-9-12-11(18-10)13-19(16,17)14-6-2-1-3-7-14/h9,15H,1-3,6-8H2,(H,12,13). The maximum absolute atomic E-state index is 12.1. The van der Waals surface area contributed by atoms with Crippen LogP contribution < -0.4 is 4.72 Å². The van der Waals surface area contributed by atoms with E-state index in [1.807, 2.05) is 0 Å². The van der Waals surface area contributed by atoms with Crippen LogP contribution in [0.25, 0.3) is 0 Å². The molecular formula is C11H15N3O3S2. The third-order valence-corrected chi connectivity index (χ3v) is 5.12. The third-order valence-electron chi connectivity index (χ3n) is 2.67. The van der Waals surface area contributed by atoms with Gasteiger partial charge in [0.2, 0.25) is 0 Å². The number of piperidine rings is 1. The molecule has 1 aromatic heterocycles. The Hall–Kier alpha value is -1.14. The molecule has 0 saturated carbocycles. The van der Waals surface area contributed by atoms with Crippen molar-refractivity contribution in [2.75, 3.05) is 24.4 Å². The van der Waals surface area contributed by atoms with Crippen molar-refractivity contribution in [3.63, 3.8) is 0 Å². The smallest absolute Gasteiger partial charge is 0.303 e. The third kappa shape index (κ3) is 3.91. The van der Waals surface area contributed by atoms with Gasteiger partial charge in [-0.3, -0.25) is 0 Å². The summed E-state index contributed by atoms with van der Waals surface area (Å²) < 4.78 is 28.1. The monoisotopic (exact) mass is 301 g/mol. The molecule has 2 rings (SSSR count). The average Bonchev–Trinajstić information content (AvgIpc) is 2.84. The molecule has 2 heterocycles. The van der Waals surface area contributed by atoms with Crippen LogP contribution in [0.1, 0.15) is 24.1 Å². The Morgan fingerprint density at radius 1 is 1.42 bits per heavy atom. The highest BCUT2D eigenvalue weighted by Crippen LogP contribution is 2.21. The topological polar surface area (TPSA) is 82.5 Å². The van der Waals surface area contributed by atoms with E-state index in [1.54, 1.807) is 0 Å². The average molecular weight is 301 g/mol. The molecule has 2 N–H and O–H groups in total. The number of hydrogen-bond donors (Lipinski definition) is 2. The molecule has 0 spiro atoms. The maximum Gasteiger partial charge on any atom is 0.303 e. The maximum atomic E-state index is 12.1. The van der Waals surface area contributed by atoms with Gasteiger partial charge in [-0.2, -0.15) is 12.7 Å². The Morgan fingerprint density at radius 2 is 2.16 bits per heavy atom. The lowest BCUT2D eigenvalue weighted by molar-refractivity contribution is 0.349. The lowest BCUT2D eigenvalue weighted by atomic mass is 10.2. The number of aromatic nitrogens is 1. The molecule has 1 aliphatic rings. The van der Waals surface area contributed by atoms with Crippen molar-refractivity contribution < 1.29 is 13.5 Å². The number of nitrogens with one attached hydrogen (secondary N) is 1. The molecule has 0 unspecified atom stereocenters. The number of nitrogens with zero attached hydrogens (tertiary/aromatic N) is 2. The van der Waals surface area contributed by atoms with Crippen LogP contribution in [0.15, 0.2) is 6.20 Å². The first-order chi connectivity index (χ1) is 9.12. The van der Waals surface area contributed by atoms with E-state index in [4.69, 9.17) is 5.11 Å². The predicted octanol–water partition coefficient (Wildman–Crippen LogP) is 0.629. The fourth-order valence-corrected chi connectivity index (χ4v) is 3.95. The zero-order valence-corrected chi connectivity index (χ0v) is 11.9. The fourth-order valence-electron chi connectivity index (χ4n) is 1.79. The van der Waals surface area contributed by atoms with Gasteiger partial charge in [-0.15, -0.1) is 0 Å². The van der Waals surface area contributed by atoms with Gasteiger partial charge < -0.3 is 5.11 Å². The number of rotatable bonds is 3. The second-order valence-electron chi connectivity index (χ2n) is 4.06. The van der Waals surface area contributed by atoms with Crippen molar-refractivity contribution in [1.29, 1.82) is 0 Å². The lowest BCUT2D eigenvalue weighted by Gasteiger charge is -2.25. The van der Waals surface area contributed by atoms with Crippen molar-refractivity contribution in [3.8, 4) is 11.8 Å². The van der Waals surface area contributed by atoms with Crippen molar-refractivity contribution in [2.45, 2.75) is 19.3 Å². The highest BCUT2D eigenvalue weighted by molar-refractivity contribution is 7.90. The largest absolute Gasteiger partial charge is 0.384 e. The molecule has 1 aromatic rings. The molecule has 0 radical (unpaired) electrons. The van der Waals surface area contributed by atoms with Crippen molar-refractivity contribution in [2.24, 2.45) is 0 Å². The van der Waals surface area contributed by atoms with E-state index in [-0.39, 0.29) is 6.61 Å². The Labute approximate surface area is 116 Å². The van der Waals surface area contributed by atoms with E-state index in [2.05, 4.69) is 21.5 Å². The van der Waals surface area contributed by atoms with Gasteiger partial charge in [0, 0.05) is 13.1 Å². The minimum absolute atomic E-state index is 0.229. The predicted molar refractivity (Wildman–Crippen MR) is 74.0 cm³/mol. The van der Waals surface area contributed by atoms with Gasteiger partial charge in [-0.1, -0.05) is 29.6 Å². The van der Waals surface area contributed by atoms with Gasteiger partial charge in [-0.05, 0) is 12.8 Å². The van der Waals surface area contributed by atoms with Gasteiger partial charge in [0.1, 0.15) is 6.61 Å². The second-order valence-corrected chi connectivity index (χ2v) is 6.76. The van der Waals surface area contributed by atoms with Gasteiger partial charge in [0.05, 0.1) is 11.1 Å². The highest BCUT2D eigenvalue weighted by Gasteiger charge is 2.24. The summed E-state index contributed by atoms with van der Waals surface area (Å²) in [5.74, 6) is 5.18. The minimum Gasteiger partial charge on any atom is -0.384 e. The zero-order chi connectivity index (χ0) is 13.7. The van der Waals surface area contributed by atoms with Crippen LogP contribution in [0.5, 0.6) is 0 Å². The Morgan fingerprint density at radius 3 is 2.84 bits per heavy atom. The quantitative estimate of drug-likeness (QED) is 0.802. The second kappa shape index (κ2) is 6.34. The Kier molecular flexibility index (Phi) is 4.76. The number of thiazole rings is 1. The van der Waals surface area contributed by atoms with Crippen LogP contribution >= 0.6 is 11.3 Å². The molecule has 8 heteroatoms. The number of hydrogen-bond acceptors (Lipinski definition) is 5. The van der Waals surface area contributed by atoms with Gasteiger partial charge in [-0.25, -0.2) is 9.71 Å². The summed E-state index contributed by atoms with van der Waals surface area (Å²) in [7, 11) is -3.51. The molecule has 0 atom stereocenters. The summed E-state index contributed by atoms with van der Waals surface area (Å²) in [5.41, 5.74) is 0. The van der Waals surface area contributed by atoms with Crippen LogP contribution in [0.4, 0.5) is 5.13 Å². The summed E-state index contributed by atoms with van der Waals surface area (Å²) in [4.78, 5) is 4.58. The summed E-state index contributed by atoms with van der Waals surface area (Å²) in [6.07, 6.45) is 4.35. The van der Waals surface area contributed by atoms with Crippen molar-refractivity contribution in [3.05, 3.63) is 11.1 Å². The summed E-state index contributed by atoms with van der Waals surface area (Å²) in [5, 5.41) is 8.88. The van der Waals surface area contributed by atoms with E-state index in [0.717, 1.165) is 30.6 Å². The summed E-state index contributed by atoms with van der Waals surface area (Å²) in [6.45, 7) is 0.877. The number of aliphatic hydroxyl groups excluding tert-OH is 1. The fraction of sp³-hybridized carbons (Fsp3) is 0.545. The zero-order valence-electron chi connectivity index (χ0n) is 10.3. The van der Waals surface area contributed by atoms with Crippen LogP contribution in [-0.4, -0.2) is 42.5 Å². The van der Waals surface area contributed by atoms with E-state index in [9.17, 15) is 8.42 Å². The molecule has 0 aliphatic carbocycles. The van der Waals surface area contributed by atoms with Gasteiger partial charge >= 0.3 is 10.2 Å². The SMILES string of the molecule is O=S(=O)(Nc1ncc(C#CCO)s1)N1CCCCC1. The molecule has 1 aliphatic heterocycles. The molecule has 104 valence electrons. The lowest BCUT2D eigenvalue weighted by Crippen LogP contribution is -2.39. The highest BCUT2D eigenvalue weighted by atomic mass is 32.2. The molecule has 0 bridgehead atoms. The molecular weight excluding hydrogens is 286 g/mol. The summed E-state index contributed by atoms with van der Waals surface area (Å²) >= 11 is 1.15. The van der Waals surface area contributed by atoms with Crippen LogP contribution in [0.2, 0.25) is 0 Å². The summed E-state index contributed by atoms with van der Waals surface area (Å²) in [6, 6.07) is 0. The van der Waals surface area contributed by atoms with Crippen molar-refractivity contribution in [1.82, 2.24) is 9.29 Å². The first kappa shape index (κ1) is 14.3. The van der Waals surface area contributed by atoms with E-state index >= 15 is 0 Å². The van der Waals surface area contributed by atoms with Crippen LogP contribution in [-0.2, 0) is 10.2 Å². The molecule has 1 saturated heterocycles. The first-order valence-corrected chi connectivity index (χ1v) is 8.21.